The van der Waals surface area contributed by atoms with Gasteiger partial charge in [-0.05, 0) is 41.3 Å². The van der Waals surface area contributed by atoms with E-state index in [4.69, 9.17) is 9.47 Å². The van der Waals surface area contributed by atoms with E-state index in [9.17, 15) is 4.79 Å². The third-order valence-electron chi connectivity index (χ3n) is 6.43. The Morgan fingerprint density at radius 2 is 1.69 bits per heavy atom. The molecule has 0 saturated carbocycles. The molecule has 0 unspecified atom stereocenters. The van der Waals surface area contributed by atoms with Crippen molar-refractivity contribution in [3.63, 3.8) is 0 Å². The summed E-state index contributed by atoms with van der Waals surface area (Å²) in [6, 6.07) is 30.3. The standard InChI is InChI=1S/C30H27N5O3S/c36-29(32-18-21-13-14-26-27(17-21)38-20-37-26)15-16-39-30-34-33-28(35(30)23-9-2-1-3-10-23)19-31-25-12-6-8-22-7-4-5-11-24(22)25/h1-14,17,31H,15-16,18-20H2,(H,32,36). The lowest BCUT2D eigenvalue weighted by Gasteiger charge is -2.13. The van der Waals surface area contributed by atoms with Gasteiger partial charge in [-0.2, -0.15) is 0 Å². The normalized spacial score (nSPS) is 12.0. The van der Waals surface area contributed by atoms with E-state index in [0.29, 0.717) is 31.0 Å². The first-order valence-electron chi connectivity index (χ1n) is 12.7. The Bertz CT molecular complexity index is 1600. The number of carbonyl (C=O) groups excluding carboxylic acids is 1. The summed E-state index contributed by atoms with van der Waals surface area (Å²) in [6.45, 7) is 1.17. The van der Waals surface area contributed by atoms with E-state index in [2.05, 4.69) is 45.1 Å². The molecule has 9 heteroatoms. The quantitative estimate of drug-likeness (QED) is 0.226. The summed E-state index contributed by atoms with van der Waals surface area (Å²) in [5, 5.41) is 18.6. The zero-order valence-corrected chi connectivity index (χ0v) is 22.0. The van der Waals surface area contributed by atoms with Gasteiger partial charge in [0.25, 0.3) is 0 Å². The minimum absolute atomic E-state index is 0.0243. The van der Waals surface area contributed by atoms with Crippen LogP contribution < -0.4 is 20.1 Å². The minimum atomic E-state index is -0.0243. The SMILES string of the molecule is O=C(CCSc1nnc(CNc2cccc3ccccc23)n1-c1ccccc1)NCc1ccc2c(c1)OCO2. The van der Waals surface area contributed by atoms with Crippen LogP contribution in [-0.2, 0) is 17.9 Å². The fraction of sp³-hybridized carbons (Fsp3) is 0.167. The molecule has 1 amide bonds. The summed E-state index contributed by atoms with van der Waals surface area (Å²) < 4.78 is 12.8. The Kier molecular flexibility index (Phi) is 7.31. The van der Waals surface area contributed by atoms with Crippen LogP contribution in [0.4, 0.5) is 5.69 Å². The van der Waals surface area contributed by atoms with E-state index >= 15 is 0 Å². The number of fused-ring (bicyclic) bond motifs is 2. The number of hydrogen-bond acceptors (Lipinski definition) is 7. The number of thioether (sulfide) groups is 1. The number of nitrogens with zero attached hydrogens (tertiary/aromatic N) is 3. The molecule has 0 radical (unpaired) electrons. The summed E-state index contributed by atoms with van der Waals surface area (Å²) in [5.74, 6) is 2.79. The van der Waals surface area contributed by atoms with Gasteiger partial charge in [0.2, 0.25) is 12.7 Å². The molecule has 39 heavy (non-hydrogen) atoms. The van der Waals surface area contributed by atoms with Crippen molar-refractivity contribution < 1.29 is 14.3 Å². The third-order valence-corrected chi connectivity index (χ3v) is 7.36. The van der Waals surface area contributed by atoms with Gasteiger partial charge in [0.15, 0.2) is 22.5 Å². The first kappa shape index (κ1) is 24.8. The van der Waals surface area contributed by atoms with Gasteiger partial charge in [0.1, 0.15) is 0 Å². The fourth-order valence-corrected chi connectivity index (χ4v) is 5.38. The van der Waals surface area contributed by atoms with Gasteiger partial charge in [-0.1, -0.05) is 72.4 Å². The highest BCUT2D eigenvalue weighted by molar-refractivity contribution is 7.99. The molecule has 196 valence electrons. The number of para-hydroxylation sites is 1. The van der Waals surface area contributed by atoms with E-state index in [1.165, 1.54) is 17.1 Å². The maximum Gasteiger partial charge on any atom is 0.231 e. The van der Waals surface area contributed by atoms with Crippen molar-refractivity contribution in [2.45, 2.75) is 24.7 Å². The van der Waals surface area contributed by atoms with Crippen LogP contribution in [0.15, 0.2) is 96.2 Å². The van der Waals surface area contributed by atoms with Crippen LogP contribution in [0.2, 0.25) is 0 Å². The largest absolute Gasteiger partial charge is 0.454 e. The molecule has 6 rings (SSSR count). The highest BCUT2D eigenvalue weighted by Gasteiger charge is 2.16. The van der Waals surface area contributed by atoms with Crippen molar-refractivity contribution >= 4 is 34.1 Å². The number of carbonyl (C=O) groups is 1. The monoisotopic (exact) mass is 537 g/mol. The molecule has 1 aromatic heterocycles. The Balaban J connectivity index is 1.10. The van der Waals surface area contributed by atoms with Crippen LogP contribution in [0.25, 0.3) is 16.5 Å². The Labute approximate surface area is 230 Å². The molecule has 1 aliphatic rings. The molecule has 0 aliphatic carbocycles. The highest BCUT2D eigenvalue weighted by Crippen LogP contribution is 2.32. The molecule has 0 atom stereocenters. The van der Waals surface area contributed by atoms with E-state index in [0.717, 1.165) is 39.1 Å². The topological polar surface area (TPSA) is 90.3 Å². The average molecular weight is 538 g/mol. The first-order chi connectivity index (χ1) is 19.2. The predicted molar refractivity (Wildman–Crippen MR) is 152 cm³/mol. The smallest absolute Gasteiger partial charge is 0.231 e. The summed E-state index contributed by atoms with van der Waals surface area (Å²) >= 11 is 1.52. The molecule has 2 N–H and O–H groups in total. The van der Waals surface area contributed by atoms with E-state index in [1.54, 1.807) is 0 Å². The Hall–Kier alpha value is -4.50. The number of anilines is 1. The van der Waals surface area contributed by atoms with E-state index in [-0.39, 0.29) is 12.7 Å². The van der Waals surface area contributed by atoms with Crippen molar-refractivity contribution in [2.24, 2.45) is 0 Å². The fourth-order valence-electron chi connectivity index (χ4n) is 4.47. The highest BCUT2D eigenvalue weighted by atomic mass is 32.2. The summed E-state index contributed by atoms with van der Waals surface area (Å²) in [7, 11) is 0. The molecule has 4 aromatic carbocycles. The van der Waals surface area contributed by atoms with Crippen molar-refractivity contribution in [1.82, 2.24) is 20.1 Å². The summed E-state index contributed by atoms with van der Waals surface area (Å²) in [4.78, 5) is 12.5. The van der Waals surface area contributed by atoms with Crippen LogP contribution in [0, 0.1) is 0 Å². The van der Waals surface area contributed by atoms with Crippen molar-refractivity contribution in [3.8, 4) is 17.2 Å². The zero-order valence-electron chi connectivity index (χ0n) is 21.2. The molecule has 1 aliphatic heterocycles. The maximum absolute atomic E-state index is 12.5. The number of rotatable bonds is 10. The maximum atomic E-state index is 12.5. The van der Waals surface area contributed by atoms with Crippen LogP contribution in [-0.4, -0.2) is 33.2 Å². The lowest BCUT2D eigenvalue weighted by molar-refractivity contribution is -0.120. The number of ether oxygens (including phenoxy) is 2. The van der Waals surface area contributed by atoms with Crippen LogP contribution >= 0.6 is 11.8 Å². The second-order valence-corrected chi connectivity index (χ2v) is 10.1. The van der Waals surface area contributed by atoms with Crippen LogP contribution in [0.3, 0.4) is 0 Å². The van der Waals surface area contributed by atoms with Crippen molar-refractivity contribution in [3.05, 3.63) is 102 Å². The lowest BCUT2D eigenvalue weighted by atomic mass is 10.1. The molecular weight excluding hydrogens is 510 g/mol. The Morgan fingerprint density at radius 3 is 2.62 bits per heavy atom. The second-order valence-electron chi connectivity index (χ2n) is 9.01. The predicted octanol–water partition coefficient (Wildman–Crippen LogP) is 5.56. The molecular formula is C30H27N5O3S. The lowest BCUT2D eigenvalue weighted by Crippen LogP contribution is -2.23. The third kappa shape index (κ3) is 5.68. The van der Waals surface area contributed by atoms with Gasteiger partial charge in [-0.25, -0.2) is 0 Å². The Morgan fingerprint density at radius 1 is 0.872 bits per heavy atom. The molecule has 5 aromatic rings. The summed E-state index contributed by atoms with van der Waals surface area (Å²) in [5.41, 5.74) is 2.99. The van der Waals surface area contributed by atoms with Crippen LogP contribution in [0.1, 0.15) is 17.8 Å². The number of hydrogen-bond donors (Lipinski definition) is 2. The van der Waals surface area contributed by atoms with Gasteiger partial charge >= 0.3 is 0 Å². The molecule has 2 heterocycles. The van der Waals surface area contributed by atoms with Crippen LogP contribution in [0.5, 0.6) is 11.5 Å². The molecule has 0 spiro atoms. The number of benzene rings is 4. The van der Waals surface area contributed by atoms with Gasteiger partial charge < -0.3 is 20.1 Å². The minimum Gasteiger partial charge on any atom is -0.454 e. The molecule has 0 bridgehead atoms. The number of amides is 1. The van der Waals surface area contributed by atoms with E-state index < -0.39 is 0 Å². The molecule has 8 nitrogen and oxygen atoms in total. The zero-order chi connectivity index (χ0) is 26.4. The average Bonchev–Trinajstić information content (AvgIpc) is 3.62. The summed E-state index contributed by atoms with van der Waals surface area (Å²) in [6.07, 6.45) is 0.362. The van der Waals surface area contributed by atoms with Gasteiger partial charge in [-0.3, -0.25) is 9.36 Å². The van der Waals surface area contributed by atoms with Gasteiger partial charge in [0, 0.05) is 35.5 Å². The van der Waals surface area contributed by atoms with Crippen molar-refractivity contribution in [1.29, 1.82) is 0 Å². The number of aromatic nitrogens is 3. The van der Waals surface area contributed by atoms with E-state index in [1.807, 2.05) is 71.3 Å². The van der Waals surface area contributed by atoms with Gasteiger partial charge in [0.05, 0.1) is 6.54 Å². The molecule has 0 fully saturated rings. The van der Waals surface area contributed by atoms with Crippen molar-refractivity contribution in [2.75, 3.05) is 17.9 Å². The number of nitrogens with one attached hydrogen (secondary N) is 2. The first-order valence-corrected chi connectivity index (χ1v) is 13.7. The molecule has 0 saturated heterocycles. The second kappa shape index (κ2) is 11.5. The van der Waals surface area contributed by atoms with Gasteiger partial charge in [-0.15, -0.1) is 10.2 Å².